The maximum Gasteiger partial charge on any atom is 0.290 e. The summed E-state index contributed by atoms with van der Waals surface area (Å²) in [6.45, 7) is 5.82. The number of amides is 1. The number of imidazole rings is 1. The van der Waals surface area contributed by atoms with E-state index in [-0.39, 0.29) is 5.91 Å². The van der Waals surface area contributed by atoms with Gasteiger partial charge in [0, 0.05) is 6.20 Å². The Labute approximate surface area is 134 Å². The number of hydrogen-bond acceptors (Lipinski definition) is 3. The van der Waals surface area contributed by atoms with Gasteiger partial charge in [-0.1, -0.05) is 35.9 Å². The van der Waals surface area contributed by atoms with Crippen molar-refractivity contribution in [2.75, 3.05) is 0 Å². The van der Waals surface area contributed by atoms with E-state index in [0.717, 1.165) is 16.8 Å². The van der Waals surface area contributed by atoms with E-state index in [1.165, 1.54) is 5.56 Å². The van der Waals surface area contributed by atoms with Gasteiger partial charge in [0.05, 0.1) is 11.9 Å². The van der Waals surface area contributed by atoms with Gasteiger partial charge in [-0.25, -0.2) is 10.4 Å². The summed E-state index contributed by atoms with van der Waals surface area (Å²) in [5, 5.41) is 4.03. The average molecular weight is 306 g/mol. The van der Waals surface area contributed by atoms with Crippen molar-refractivity contribution in [2.24, 2.45) is 5.10 Å². The average Bonchev–Trinajstić information content (AvgIpc) is 2.84. The number of aromatic nitrogens is 2. The third-order valence-electron chi connectivity index (χ3n) is 3.61. The van der Waals surface area contributed by atoms with Crippen LogP contribution in [-0.4, -0.2) is 21.5 Å². The first-order valence-corrected chi connectivity index (χ1v) is 7.40. The van der Waals surface area contributed by atoms with E-state index in [4.69, 9.17) is 0 Å². The van der Waals surface area contributed by atoms with Crippen molar-refractivity contribution in [3.63, 3.8) is 0 Å². The molecule has 0 aliphatic rings. The molecule has 0 fully saturated rings. The number of pyridine rings is 1. The molecule has 0 unspecified atom stereocenters. The maximum absolute atomic E-state index is 12.4. The lowest BCUT2D eigenvalue weighted by atomic mass is 10.2. The summed E-state index contributed by atoms with van der Waals surface area (Å²) in [6, 6.07) is 11.8. The molecule has 2 heterocycles. The monoisotopic (exact) mass is 306 g/mol. The number of aryl methyl sites for hydroxylation is 3. The zero-order chi connectivity index (χ0) is 16.4. The lowest BCUT2D eigenvalue weighted by Gasteiger charge is -2.02. The zero-order valence-corrected chi connectivity index (χ0v) is 13.4. The van der Waals surface area contributed by atoms with Gasteiger partial charge in [-0.15, -0.1) is 0 Å². The van der Waals surface area contributed by atoms with Crippen LogP contribution < -0.4 is 5.43 Å². The Kier molecular flexibility index (Phi) is 3.93. The summed E-state index contributed by atoms with van der Waals surface area (Å²) in [7, 11) is 0. The van der Waals surface area contributed by atoms with E-state index in [2.05, 4.69) is 15.5 Å². The molecule has 0 atom stereocenters. The Morgan fingerprint density at radius 1 is 1.09 bits per heavy atom. The molecule has 1 amide bonds. The van der Waals surface area contributed by atoms with E-state index in [9.17, 15) is 4.79 Å². The Balaban J connectivity index is 1.82. The molecule has 0 bridgehead atoms. The van der Waals surface area contributed by atoms with Crippen LogP contribution in [0.4, 0.5) is 0 Å². The summed E-state index contributed by atoms with van der Waals surface area (Å²) in [5.74, 6) is -0.274. The van der Waals surface area contributed by atoms with E-state index in [1.54, 1.807) is 10.6 Å². The van der Waals surface area contributed by atoms with Gasteiger partial charge >= 0.3 is 0 Å². The normalized spacial score (nSPS) is 11.3. The molecule has 0 saturated heterocycles. The molecule has 0 spiro atoms. The van der Waals surface area contributed by atoms with Crippen molar-refractivity contribution in [1.29, 1.82) is 0 Å². The van der Waals surface area contributed by atoms with Crippen molar-refractivity contribution >= 4 is 17.8 Å². The highest BCUT2D eigenvalue weighted by Crippen LogP contribution is 2.13. The Hall–Kier alpha value is -2.95. The first-order valence-electron chi connectivity index (χ1n) is 7.40. The molecule has 5 heteroatoms. The maximum atomic E-state index is 12.4. The van der Waals surface area contributed by atoms with Crippen molar-refractivity contribution < 1.29 is 4.79 Å². The van der Waals surface area contributed by atoms with Crippen molar-refractivity contribution in [3.8, 4) is 0 Å². The van der Waals surface area contributed by atoms with Crippen LogP contribution in [0.25, 0.3) is 5.65 Å². The lowest BCUT2D eigenvalue weighted by Crippen LogP contribution is -2.20. The molecule has 3 aromatic rings. The van der Waals surface area contributed by atoms with Crippen LogP contribution in [0.1, 0.15) is 32.9 Å². The summed E-state index contributed by atoms with van der Waals surface area (Å²) in [4.78, 5) is 16.8. The van der Waals surface area contributed by atoms with Gasteiger partial charge in [-0.2, -0.15) is 5.10 Å². The number of hydrazone groups is 1. The number of rotatable bonds is 3. The third-order valence-corrected chi connectivity index (χ3v) is 3.61. The number of benzene rings is 1. The molecule has 116 valence electrons. The number of nitrogens with one attached hydrogen (secondary N) is 1. The standard InChI is InChI=1S/C18H18N4O/c1-12-4-7-15(8-5-12)10-19-21-18(23)17-14(3)20-16-9-6-13(2)11-22(16)17/h4-11H,1-3H3,(H,21,23)/b19-10-. The lowest BCUT2D eigenvalue weighted by molar-refractivity contribution is 0.0948. The molecule has 0 radical (unpaired) electrons. The minimum absolute atomic E-state index is 0.274. The van der Waals surface area contributed by atoms with Crippen molar-refractivity contribution in [2.45, 2.75) is 20.8 Å². The second kappa shape index (κ2) is 6.04. The molecule has 1 N–H and O–H groups in total. The van der Waals surface area contributed by atoms with Gasteiger partial charge in [-0.3, -0.25) is 9.20 Å². The Morgan fingerprint density at radius 2 is 1.78 bits per heavy atom. The highest BCUT2D eigenvalue weighted by atomic mass is 16.2. The smallest absolute Gasteiger partial charge is 0.290 e. The fraction of sp³-hybridized carbons (Fsp3) is 0.167. The van der Waals surface area contributed by atoms with Crippen LogP contribution in [0.15, 0.2) is 47.7 Å². The molecule has 2 aromatic heterocycles. The van der Waals surface area contributed by atoms with Gasteiger partial charge in [0.15, 0.2) is 0 Å². The highest BCUT2D eigenvalue weighted by Gasteiger charge is 2.15. The topological polar surface area (TPSA) is 58.8 Å². The molecule has 0 saturated carbocycles. The minimum atomic E-state index is -0.274. The number of hydrogen-bond donors (Lipinski definition) is 1. The van der Waals surface area contributed by atoms with Crippen LogP contribution >= 0.6 is 0 Å². The predicted octanol–water partition coefficient (Wildman–Crippen LogP) is 3.02. The molecule has 1 aromatic carbocycles. The van der Waals surface area contributed by atoms with Crippen LogP contribution in [-0.2, 0) is 0 Å². The molecule has 23 heavy (non-hydrogen) atoms. The van der Waals surface area contributed by atoms with Crippen LogP contribution in [0.3, 0.4) is 0 Å². The van der Waals surface area contributed by atoms with E-state index in [1.807, 2.05) is 63.4 Å². The van der Waals surface area contributed by atoms with Crippen molar-refractivity contribution in [1.82, 2.24) is 14.8 Å². The third kappa shape index (κ3) is 3.13. The second-order valence-corrected chi connectivity index (χ2v) is 5.59. The van der Waals surface area contributed by atoms with E-state index >= 15 is 0 Å². The quantitative estimate of drug-likeness (QED) is 0.597. The Morgan fingerprint density at radius 3 is 2.52 bits per heavy atom. The van der Waals surface area contributed by atoms with Crippen LogP contribution in [0, 0.1) is 20.8 Å². The molecule has 3 rings (SSSR count). The number of nitrogens with zero attached hydrogens (tertiary/aromatic N) is 3. The molecule has 5 nitrogen and oxygen atoms in total. The van der Waals surface area contributed by atoms with Gasteiger partial charge in [0.25, 0.3) is 5.91 Å². The fourth-order valence-electron chi connectivity index (χ4n) is 2.41. The van der Waals surface area contributed by atoms with Crippen LogP contribution in [0.2, 0.25) is 0 Å². The van der Waals surface area contributed by atoms with Crippen molar-refractivity contribution in [3.05, 3.63) is 70.7 Å². The summed E-state index contributed by atoms with van der Waals surface area (Å²) >= 11 is 0. The largest absolute Gasteiger partial charge is 0.295 e. The molecular formula is C18H18N4O. The minimum Gasteiger partial charge on any atom is -0.295 e. The molecular weight excluding hydrogens is 288 g/mol. The van der Waals surface area contributed by atoms with Gasteiger partial charge in [0.1, 0.15) is 11.3 Å². The molecule has 0 aliphatic carbocycles. The first kappa shape index (κ1) is 15.0. The van der Waals surface area contributed by atoms with E-state index < -0.39 is 0 Å². The number of carbonyl (C=O) groups excluding carboxylic acids is 1. The van der Waals surface area contributed by atoms with Gasteiger partial charge in [-0.05, 0) is 38.0 Å². The summed E-state index contributed by atoms with van der Waals surface area (Å²) in [6.07, 6.45) is 3.52. The summed E-state index contributed by atoms with van der Waals surface area (Å²) in [5.41, 5.74) is 7.68. The second-order valence-electron chi connectivity index (χ2n) is 5.59. The van der Waals surface area contributed by atoms with E-state index in [0.29, 0.717) is 11.4 Å². The zero-order valence-electron chi connectivity index (χ0n) is 13.4. The summed E-state index contributed by atoms with van der Waals surface area (Å²) < 4.78 is 1.79. The number of carbonyl (C=O) groups is 1. The van der Waals surface area contributed by atoms with Gasteiger partial charge < -0.3 is 0 Å². The SMILES string of the molecule is Cc1ccc(/C=N\NC(=O)c2c(C)nc3ccc(C)cn23)cc1. The fourth-order valence-corrected chi connectivity index (χ4v) is 2.41. The number of fused-ring (bicyclic) bond motifs is 1. The highest BCUT2D eigenvalue weighted by molar-refractivity contribution is 5.95. The predicted molar refractivity (Wildman–Crippen MR) is 90.9 cm³/mol. The Bertz CT molecular complexity index is 891. The first-order chi connectivity index (χ1) is 11.0. The van der Waals surface area contributed by atoms with Crippen LogP contribution in [0.5, 0.6) is 0 Å². The molecule has 0 aliphatic heterocycles. The van der Waals surface area contributed by atoms with Gasteiger partial charge in [0.2, 0.25) is 0 Å².